The van der Waals surface area contributed by atoms with Gasteiger partial charge in [-0.1, -0.05) is 79.9 Å². The molecule has 0 bridgehead atoms. The molecular formula is C31H37N3O6. The highest BCUT2D eigenvalue weighted by molar-refractivity contribution is 6.00. The van der Waals surface area contributed by atoms with E-state index in [1.54, 1.807) is 0 Å². The largest absolute Gasteiger partial charge is 0.466 e. The molecule has 0 saturated carbocycles. The van der Waals surface area contributed by atoms with Gasteiger partial charge in [-0.2, -0.15) is 0 Å². The number of amides is 2. The summed E-state index contributed by atoms with van der Waals surface area (Å²) in [7, 11) is 1.22. The highest BCUT2D eigenvalue weighted by atomic mass is 16.5. The number of nitrogens with one attached hydrogen (secondary N) is 2. The molecule has 3 N–H and O–H groups in total. The number of esters is 1. The second kappa shape index (κ2) is 16.7. The van der Waals surface area contributed by atoms with Crippen LogP contribution >= 0.6 is 0 Å². The van der Waals surface area contributed by atoms with Gasteiger partial charge in [-0.25, -0.2) is 14.7 Å². The summed E-state index contributed by atoms with van der Waals surface area (Å²) < 4.78 is 9.81. The molecule has 3 rings (SSSR count). The van der Waals surface area contributed by atoms with Gasteiger partial charge in [0, 0.05) is 30.6 Å². The van der Waals surface area contributed by atoms with Crippen molar-refractivity contribution in [2.24, 2.45) is 0 Å². The van der Waals surface area contributed by atoms with Gasteiger partial charge < -0.3 is 14.8 Å². The SMILES string of the molecule is COC(=O)/C=C/C(=O)N(O)CCCCCCCNCc1ccc(COC(=O)Nc2cccc3ccccc23)cc1. The van der Waals surface area contributed by atoms with Crippen molar-refractivity contribution < 1.29 is 29.1 Å². The summed E-state index contributed by atoms with van der Waals surface area (Å²) in [6.45, 7) is 2.06. The van der Waals surface area contributed by atoms with E-state index in [9.17, 15) is 19.6 Å². The van der Waals surface area contributed by atoms with Crippen LogP contribution in [0, 0.1) is 0 Å². The van der Waals surface area contributed by atoms with Crippen LogP contribution in [0.1, 0.15) is 43.2 Å². The van der Waals surface area contributed by atoms with Gasteiger partial charge >= 0.3 is 12.1 Å². The normalized spacial score (nSPS) is 10.9. The molecule has 3 aromatic carbocycles. The molecule has 0 saturated heterocycles. The Balaban J connectivity index is 1.23. The van der Waals surface area contributed by atoms with Crippen LogP contribution in [0.2, 0.25) is 0 Å². The van der Waals surface area contributed by atoms with Gasteiger partial charge in [0.25, 0.3) is 5.91 Å². The van der Waals surface area contributed by atoms with Crippen molar-refractivity contribution in [1.29, 1.82) is 0 Å². The van der Waals surface area contributed by atoms with Crippen LogP contribution in [-0.4, -0.2) is 48.4 Å². The molecule has 212 valence electrons. The summed E-state index contributed by atoms with van der Waals surface area (Å²) >= 11 is 0. The zero-order valence-corrected chi connectivity index (χ0v) is 22.8. The molecule has 0 spiro atoms. The number of fused-ring (bicyclic) bond motifs is 1. The molecule has 3 aromatic rings. The van der Waals surface area contributed by atoms with Crippen molar-refractivity contribution in [2.45, 2.75) is 45.3 Å². The van der Waals surface area contributed by atoms with Crippen LogP contribution in [0.25, 0.3) is 10.8 Å². The van der Waals surface area contributed by atoms with E-state index in [-0.39, 0.29) is 13.2 Å². The lowest BCUT2D eigenvalue weighted by atomic mass is 10.1. The average molecular weight is 548 g/mol. The number of nitrogens with zero attached hydrogens (tertiary/aromatic N) is 1. The summed E-state index contributed by atoms with van der Waals surface area (Å²) in [4.78, 5) is 34.9. The Labute approximate surface area is 234 Å². The predicted octanol–water partition coefficient (Wildman–Crippen LogP) is 5.58. The first-order valence-electron chi connectivity index (χ1n) is 13.4. The van der Waals surface area contributed by atoms with E-state index in [0.29, 0.717) is 11.5 Å². The quantitative estimate of drug-likeness (QED) is 0.0748. The third-order valence-electron chi connectivity index (χ3n) is 6.29. The van der Waals surface area contributed by atoms with Crippen molar-refractivity contribution in [3.63, 3.8) is 0 Å². The highest BCUT2D eigenvalue weighted by Gasteiger charge is 2.08. The standard InChI is InChI=1S/C31H37N3O6/c1-39-30(36)19-18-29(35)34(38)21-8-4-2-3-7-20-32-22-24-14-16-25(17-15-24)23-40-31(37)33-28-13-9-11-26-10-5-6-12-27(26)28/h5-6,9-19,32,38H,2-4,7-8,20-23H2,1H3,(H,33,37)/b19-18+. The third-order valence-corrected chi connectivity index (χ3v) is 6.29. The van der Waals surface area contributed by atoms with E-state index in [1.165, 1.54) is 7.11 Å². The summed E-state index contributed by atoms with van der Waals surface area (Å²) in [6.07, 6.45) is 6.15. The predicted molar refractivity (Wildman–Crippen MR) is 154 cm³/mol. The van der Waals surface area contributed by atoms with E-state index < -0.39 is 18.0 Å². The summed E-state index contributed by atoms with van der Waals surface area (Å²) in [6, 6.07) is 21.6. The zero-order chi connectivity index (χ0) is 28.6. The molecule has 9 nitrogen and oxygen atoms in total. The van der Waals surface area contributed by atoms with Crippen LogP contribution < -0.4 is 10.6 Å². The van der Waals surface area contributed by atoms with Gasteiger partial charge in [-0.05, 0) is 42.0 Å². The Morgan fingerprint density at radius 3 is 2.35 bits per heavy atom. The molecule has 0 heterocycles. The minimum Gasteiger partial charge on any atom is -0.466 e. The molecule has 0 atom stereocenters. The van der Waals surface area contributed by atoms with Crippen LogP contribution in [-0.2, 0) is 32.2 Å². The fourth-order valence-electron chi connectivity index (χ4n) is 4.06. The number of methoxy groups -OCH3 is 1. The number of ether oxygens (including phenoxy) is 2. The minimum atomic E-state index is -0.642. The summed E-state index contributed by atoms with van der Waals surface area (Å²) in [5.74, 6) is -1.28. The molecule has 0 aliphatic heterocycles. The zero-order valence-electron chi connectivity index (χ0n) is 22.8. The van der Waals surface area contributed by atoms with Gasteiger partial charge in [0.1, 0.15) is 6.61 Å². The molecule has 0 radical (unpaired) electrons. The van der Waals surface area contributed by atoms with E-state index >= 15 is 0 Å². The average Bonchev–Trinajstić information content (AvgIpc) is 2.98. The van der Waals surface area contributed by atoms with Crippen LogP contribution in [0.15, 0.2) is 78.9 Å². The van der Waals surface area contributed by atoms with Crippen molar-refractivity contribution in [1.82, 2.24) is 10.4 Å². The van der Waals surface area contributed by atoms with Gasteiger partial charge in [-0.15, -0.1) is 0 Å². The third kappa shape index (κ3) is 10.5. The van der Waals surface area contributed by atoms with Crippen molar-refractivity contribution in [3.8, 4) is 0 Å². The number of carbonyl (C=O) groups excluding carboxylic acids is 3. The fourth-order valence-corrected chi connectivity index (χ4v) is 4.06. The molecular weight excluding hydrogens is 510 g/mol. The second-order valence-corrected chi connectivity index (χ2v) is 9.31. The maximum Gasteiger partial charge on any atom is 0.411 e. The van der Waals surface area contributed by atoms with E-state index in [4.69, 9.17) is 4.74 Å². The summed E-state index contributed by atoms with van der Waals surface area (Å²) in [5, 5.41) is 18.6. The van der Waals surface area contributed by atoms with Crippen LogP contribution in [0.3, 0.4) is 0 Å². The Hall–Kier alpha value is -4.21. The molecule has 0 fully saturated rings. The van der Waals surface area contributed by atoms with Crippen molar-refractivity contribution >= 4 is 34.4 Å². The molecule has 0 aromatic heterocycles. The molecule has 0 unspecified atom stereocenters. The molecule has 40 heavy (non-hydrogen) atoms. The van der Waals surface area contributed by atoms with E-state index in [1.807, 2.05) is 66.7 Å². The lowest BCUT2D eigenvalue weighted by Gasteiger charge is -2.12. The van der Waals surface area contributed by atoms with Gasteiger partial charge in [0.15, 0.2) is 0 Å². The summed E-state index contributed by atoms with van der Waals surface area (Å²) in [5.41, 5.74) is 2.79. The van der Waals surface area contributed by atoms with Gasteiger partial charge in [0.05, 0.1) is 12.8 Å². The lowest BCUT2D eigenvalue weighted by Crippen LogP contribution is -2.26. The Kier molecular flexibility index (Phi) is 12.7. The number of rotatable bonds is 15. The molecule has 9 heteroatoms. The number of hydrogen-bond acceptors (Lipinski definition) is 7. The van der Waals surface area contributed by atoms with Gasteiger partial charge in [0.2, 0.25) is 0 Å². The molecule has 0 aliphatic rings. The van der Waals surface area contributed by atoms with E-state index in [0.717, 1.165) is 78.5 Å². The number of unbranched alkanes of at least 4 members (excludes halogenated alkanes) is 4. The molecule has 0 aliphatic carbocycles. The van der Waals surface area contributed by atoms with Crippen molar-refractivity contribution in [2.75, 3.05) is 25.5 Å². The maximum absolute atomic E-state index is 12.3. The monoisotopic (exact) mass is 547 g/mol. The van der Waals surface area contributed by atoms with Crippen molar-refractivity contribution in [3.05, 3.63) is 90.0 Å². The smallest absolute Gasteiger partial charge is 0.411 e. The lowest BCUT2D eigenvalue weighted by molar-refractivity contribution is -0.159. The minimum absolute atomic E-state index is 0.191. The first kappa shape index (κ1) is 30.3. The topological polar surface area (TPSA) is 117 Å². The first-order valence-corrected chi connectivity index (χ1v) is 13.4. The number of hydroxylamine groups is 2. The van der Waals surface area contributed by atoms with E-state index in [2.05, 4.69) is 15.4 Å². The molecule has 2 amide bonds. The van der Waals surface area contributed by atoms with Crippen LogP contribution in [0.5, 0.6) is 0 Å². The number of carbonyl (C=O) groups is 3. The number of hydrogen-bond donors (Lipinski definition) is 3. The Bertz CT molecular complexity index is 1270. The first-order chi connectivity index (χ1) is 19.5. The number of anilines is 1. The fraction of sp³-hybridized carbons (Fsp3) is 0.323. The maximum atomic E-state index is 12.3. The highest BCUT2D eigenvalue weighted by Crippen LogP contribution is 2.23. The Morgan fingerprint density at radius 2 is 1.55 bits per heavy atom. The van der Waals surface area contributed by atoms with Crippen LogP contribution in [0.4, 0.5) is 10.5 Å². The number of benzene rings is 3. The van der Waals surface area contributed by atoms with Gasteiger partial charge in [-0.3, -0.25) is 15.3 Å². The second-order valence-electron chi connectivity index (χ2n) is 9.31. The Morgan fingerprint density at radius 1 is 0.850 bits per heavy atom.